The Hall–Kier alpha value is -1.85. The van der Waals surface area contributed by atoms with Gasteiger partial charge in [0.05, 0.1) is 24.3 Å². The number of fused-ring (bicyclic) bond motifs is 1. The minimum atomic E-state index is -0.556. The third-order valence-electron chi connectivity index (χ3n) is 6.09. The van der Waals surface area contributed by atoms with Gasteiger partial charge in [-0.05, 0) is 67.5 Å². The summed E-state index contributed by atoms with van der Waals surface area (Å²) in [5.74, 6) is 0.0964. The lowest BCUT2D eigenvalue weighted by Crippen LogP contribution is -2.51. The van der Waals surface area contributed by atoms with Gasteiger partial charge in [0.2, 0.25) is 5.91 Å². The third-order valence-corrected chi connectivity index (χ3v) is 6.96. The number of nitrogens with zero attached hydrogens (tertiary/aromatic N) is 4. The standard InChI is InChI=1S/C23H29FIN5O2/c1-14-20-19(12-32-14)27-13-28-21(20)29-6-8-30(9-7-29)22(31)16(11-23(2,3)26)15-4-5-18(25)17(24)10-15/h4-5,10,13-14,16H,6-9,11-12,26H2,1-3H3. The molecule has 2 N–H and O–H groups in total. The summed E-state index contributed by atoms with van der Waals surface area (Å²) in [5.41, 5.74) is 8.37. The van der Waals surface area contributed by atoms with Crippen LogP contribution in [0.25, 0.3) is 0 Å². The summed E-state index contributed by atoms with van der Waals surface area (Å²) < 4.78 is 20.5. The van der Waals surface area contributed by atoms with Crippen molar-refractivity contribution in [3.05, 3.63) is 50.7 Å². The van der Waals surface area contributed by atoms with Gasteiger partial charge in [-0.2, -0.15) is 0 Å². The van der Waals surface area contributed by atoms with Crippen LogP contribution < -0.4 is 10.6 Å². The molecule has 2 unspecified atom stereocenters. The molecule has 0 radical (unpaired) electrons. The van der Waals surface area contributed by atoms with Gasteiger partial charge >= 0.3 is 0 Å². The number of halogens is 2. The molecule has 0 bridgehead atoms. The molecule has 1 aromatic carbocycles. The first-order chi connectivity index (χ1) is 15.1. The lowest BCUT2D eigenvalue weighted by atomic mass is 9.85. The number of carbonyl (C=O) groups excluding carboxylic acids is 1. The van der Waals surface area contributed by atoms with Gasteiger partial charge in [-0.1, -0.05) is 6.07 Å². The molecule has 0 saturated carbocycles. The zero-order valence-electron chi connectivity index (χ0n) is 18.6. The van der Waals surface area contributed by atoms with Gasteiger partial charge in [0.25, 0.3) is 0 Å². The van der Waals surface area contributed by atoms with E-state index in [0.717, 1.165) is 17.1 Å². The lowest BCUT2D eigenvalue weighted by molar-refractivity contribution is -0.133. The summed E-state index contributed by atoms with van der Waals surface area (Å²) in [4.78, 5) is 26.5. The summed E-state index contributed by atoms with van der Waals surface area (Å²) in [7, 11) is 0. The van der Waals surface area contributed by atoms with E-state index in [1.807, 2.05) is 54.3 Å². The van der Waals surface area contributed by atoms with E-state index in [0.29, 0.717) is 48.3 Å². The van der Waals surface area contributed by atoms with E-state index in [1.165, 1.54) is 6.07 Å². The zero-order valence-corrected chi connectivity index (χ0v) is 20.8. The highest BCUT2D eigenvalue weighted by atomic mass is 127. The van der Waals surface area contributed by atoms with Crippen molar-refractivity contribution in [1.82, 2.24) is 14.9 Å². The quantitative estimate of drug-likeness (QED) is 0.572. The third kappa shape index (κ3) is 4.89. The van der Waals surface area contributed by atoms with Crippen molar-refractivity contribution in [1.29, 1.82) is 0 Å². The number of nitrogens with two attached hydrogens (primary N) is 1. The number of amides is 1. The second-order valence-electron chi connectivity index (χ2n) is 9.24. The number of anilines is 1. The van der Waals surface area contributed by atoms with E-state index in [1.54, 1.807) is 12.4 Å². The fourth-order valence-corrected chi connectivity index (χ4v) is 4.79. The molecule has 1 amide bonds. The van der Waals surface area contributed by atoms with Crippen molar-refractivity contribution in [2.45, 2.75) is 51.4 Å². The van der Waals surface area contributed by atoms with Crippen molar-refractivity contribution < 1.29 is 13.9 Å². The van der Waals surface area contributed by atoms with Crippen LogP contribution in [0.5, 0.6) is 0 Å². The van der Waals surface area contributed by atoms with Crippen LogP contribution in [0, 0.1) is 9.39 Å². The van der Waals surface area contributed by atoms with Crippen molar-refractivity contribution in [3.63, 3.8) is 0 Å². The number of hydrogen-bond donors (Lipinski definition) is 1. The first-order valence-corrected chi connectivity index (χ1v) is 11.9. The second-order valence-corrected chi connectivity index (χ2v) is 10.4. The molecule has 1 fully saturated rings. The molecular weight excluding hydrogens is 524 g/mol. The molecule has 0 aliphatic carbocycles. The molecule has 3 heterocycles. The Morgan fingerprint density at radius 3 is 2.69 bits per heavy atom. The van der Waals surface area contributed by atoms with Crippen molar-refractivity contribution >= 4 is 34.3 Å². The smallest absolute Gasteiger partial charge is 0.230 e. The number of rotatable bonds is 5. The van der Waals surface area contributed by atoms with Crippen molar-refractivity contribution in [2.24, 2.45) is 5.73 Å². The maximum absolute atomic E-state index is 14.3. The second kappa shape index (κ2) is 9.18. The van der Waals surface area contributed by atoms with E-state index in [-0.39, 0.29) is 17.8 Å². The minimum absolute atomic E-state index is 0.00611. The summed E-state index contributed by atoms with van der Waals surface area (Å²) in [6, 6.07) is 5.02. The number of ether oxygens (including phenoxy) is 1. The van der Waals surface area contributed by atoms with E-state index >= 15 is 0 Å². The maximum atomic E-state index is 14.3. The Morgan fingerprint density at radius 2 is 2.03 bits per heavy atom. The molecule has 2 aliphatic rings. The van der Waals surface area contributed by atoms with Crippen LogP contribution in [-0.2, 0) is 16.1 Å². The van der Waals surface area contributed by atoms with Gasteiger partial charge in [0, 0.05) is 40.9 Å². The number of benzene rings is 1. The first-order valence-electron chi connectivity index (χ1n) is 10.9. The lowest BCUT2D eigenvalue weighted by Gasteiger charge is -2.38. The van der Waals surface area contributed by atoms with Crippen LogP contribution in [0.15, 0.2) is 24.5 Å². The number of hydrogen-bond acceptors (Lipinski definition) is 6. The molecule has 2 aromatic rings. The van der Waals surface area contributed by atoms with Crippen LogP contribution in [0.4, 0.5) is 10.2 Å². The molecule has 4 rings (SSSR count). The normalized spacial score (nSPS) is 19.8. The fraction of sp³-hybridized carbons (Fsp3) is 0.522. The predicted molar refractivity (Wildman–Crippen MR) is 129 cm³/mol. The molecule has 9 heteroatoms. The molecule has 32 heavy (non-hydrogen) atoms. The highest BCUT2D eigenvalue weighted by Crippen LogP contribution is 2.36. The Labute approximate surface area is 201 Å². The van der Waals surface area contributed by atoms with E-state index < -0.39 is 11.5 Å². The zero-order chi connectivity index (χ0) is 23.0. The summed E-state index contributed by atoms with van der Waals surface area (Å²) >= 11 is 1.95. The highest BCUT2D eigenvalue weighted by molar-refractivity contribution is 14.1. The van der Waals surface area contributed by atoms with E-state index in [9.17, 15) is 9.18 Å². The molecule has 1 aromatic heterocycles. The largest absolute Gasteiger partial charge is 0.367 e. The number of piperazine rings is 1. The van der Waals surface area contributed by atoms with Gasteiger partial charge in [0.1, 0.15) is 18.0 Å². The van der Waals surface area contributed by atoms with E-state index in [2.05, 4.69) is 14.9 Å². The molecule has 2 atom stereocenters. The Kier molecular flexibility index (Phi) is 6.69. The van der Waals surface area contributed by atoms with Gasteiger partial charge in [0.15, 0.2) is 0 Å². The molecule has 0 spiro atoms. The Morgan fingerprint density at radius 1 is 1.31 bits per heavy atom. The van der Waals surface area contributed by atoms with Crippen LogP contribution in [0.1, 0.15) is 56.0 Å². The Bertz CT molecular complexity index is 1000. The molecule has 172 valence electrons. The highest BCUT2D eigenvalue weighted by Gasteiger charge is 2.34. The predicted octanol–water partition coefficient (Wildman–Crippen LogP) is 3.37. The summed E-state index contributed by atoms with van der Waals surface area (Å²) in [6.45, 7) is 8.79. The Balaban J connectivity index is 1.51. The van der Waals surface area contributed by atoms with Gasteiger partial charge in [-0.3, -0.25) is 4.79 Å². The molecule has 7 nitrogen and oxygen atoms in total. The van der Waals surface area contributed by atoms with Crippen LogP contribution in [0.2, 0.25) is 0 Å². The number of aromatic nitrogens is 2. The first kappa shape index (κ1) is 23.3. The average molecular weight is 553 g/mol. The van der Waals surface area contributed by atoms with Gasteiger partial charge < -0.3 is 20.3 Å². The SMILES string of the molecule is CC1OCc2ncnc(N3CCN(C(=O)C(CC(C)(C)N)c4ccc(I)c(F)c4)CC3)c21. The molecular formula is C23H29FIN5O2. The van der Waals surface area contributed by atoms with Crippen molar-refractivity contribution in [2.75, 3.05) is 31.1 Å². The average Bonchev–Trinajstić information content (AvgIpc) is 3.14. The molecule has 2 aliphatic heterocycles. The monoisotopic (exact) mass is 553 g/mol. The van der Waals surface area contributed by atoms with Gasteiger partial charge in [-0.25, -0.2) is 14.4 Å². The fourth-order valence-electron chi connectivity index (χ4n) is 4.45. The number of carbonyl (C=O) groups is 1. The van der Waals surface area contributed by atoms with Gasteiger partial charge in [-0.15, -0.1) is 0 Å². The van der Waals surface area contributed by atoms with E-state index in [4.69, 9.17) is 10.5 Å². The summed E-state index contributed by atoms with van der Waals surface area (Å²) in [6.07, 6.45) is 1.99. The summed E-state index contributed by atoms with van der Waals surface area (Å²) in [5, 5.41) is 0. The van der Waals surface area contributed by atoms with Crippen molar-refractivity contribution in [3.8, 4) is 0 Å². The minimum Gasteiger partial charge on any atom is -0.367 e. The van der Waals surface area contributed by atoms with Crippen LogP contribution in [0.3, 0.4) is 0 Å². The topological polar surface area (TPSA) is 84.6 Å². The van der Waals surface area contributed by atoms with Crippen LogP contribution >= 0.6 is 22.6 Å². The molecule has 1 saturated heterocycles. The van der Waals surface area contributed by atoms with Crippen LogP contribution in [-0.4, -0.2) is 52.5 Å². The maximum Gasteiger partial charge on any atom is 0.230 e.